The molecule has 0 bridgehead atoms. The molecule has 1 aromatic carbocycles. The Hall–Kier alpha value is -2.91. The lowest BCUT2D eigenvalue weighted by atomic mass is 10.1. The lowest BCUT2D eigenvalue weighted by molar-refractivity contribution is -0.134. The van der Waals surface area contributed by atoms with Crippen molar-refractivity contribution in [3.05, 3.63) is 40.2 Å². The smallest absolute Gasteiger partial charge is 0.336 e. The number of rotatable bonds is 6. The fourth-order valence-electron chi connectivity index (χ4n) is 4.31. The van der Waals surface area contributed by atoms with Crippen LogP contribution in [0.1, 0.15) is 31.7 Å². The lowest BCUT2D eigenvalue weighted by Gasteiger charge is -2.27. The zero-order valence-corrected chi connectivity index (χ0v) is 19.0. The van der Waals surface area contributed by atoms with Gasteiger partial charge in [-0.1, -0.05) is 6.92 Å². The number of hydrogen-bond acceptors (Lipinski definition) is 7. The van der Waals surface area contributed by atoms with Crippen LogP contribution in [0.4, 0.5) is 0 Å². The van der Waals surface area contributed by atoms with Gasteiger partial charge in [0, 0.05) is 43.8 Å². The monoisotopic (exact) mass is 460 g/mol. The Balaban J connectivity index is 0.000000968. The highest BCUT2D eigenvalue weighted by Gasteiger charge is 2.25. The van der Waals surface area contributed by atoms with Crippen molar-refractivity contribution in [3.8, 4) is 5.75 Å². The number of aryl methyl sites for hydroxylation is 1. The van der Waals surface area contributed by atoms with E-state index in [4.69, 9.17) is 23.8 Å². The maximum Gasteiger partial charge on any atom is 0.336 e. The molecule has 9 nitrogen and oxygen atoms in total. The SMILES string of the molecule is CCc1cc(=O)oc2cc(OCC(=O)N3CCCOC(CN4CCCC4)C3)ccc12.O=CO. The first-order valence-corrected chi connectivity index (χ1v) is 11.4. The van der Waals surface area contributed by atoms with Gasteiger partial charge in [0.05, 0.1) is 6.10 Å². The van der Waals surface area contributed by atoms with Gasteiger partial charge in [0.1, 0.15) is 11.3 Å². The number of carbonyl (C=O) groups excluding carboxylic acids is 1. The summed E-state index contributed by atoms with van der Waals surface area (Å²) in [4.78, 5) is 37.2. The minimum absolute atomic E-state index is 0.0420. The highest BCUT2D eigenvalue weighted by Crippen LogP contribution is 2.23. The molecule has 33 heavy (non-hydrogen) atoms. The zero-order chi connectivity index (χ0) is 23.6. The van der Waals surface area contributed by atoms with Crippen LogP contribution in [0.25, 0.3) is 11.0 Å². The molecular weight excluding hydrogens is 428 g/mol. The normalized spacial score (nSPS) is 18.9. The van der Waals surface area contributed by atoms with Crippen LogP contribution in [0.5, 0.6) is 5.75 Å². The second-order valence-electron chi connectivity index (χ2n) is 8.19. The molecule has 2 saturated heterocycles. The Kier molecular flexibility index (Phi) is 9.26. The van der Waals surface area contributed by atoms with E-state index >= 15 is 0 Å². The Labute approximate surface area is 192 Å². The summed E-state index contributed by atoms with van der Waals surface area (Å²) in [5, 5.41) is 7.78. The molecule has 1 aromatic heterocycles. The largest absolute Gasteiger partial charge is 0.484 e. The van der Waals surface area contributed by atoms with E-state index in [2.05, 4.69) is 4.90 Å². The van der Waals surface area contributed by atoms with Crippen molar-refractivity contribution in [2.75, 3.05) is 45.9 Å². The predicted molar refractivity (Wildman–Crippen MR) is 123 cm³/mol. The van der Waals surface area contributed by atoms with Gasteiger partial charge in [0.25, 0.3) is 12.4 Å². The van der Waals surface area contributed by atoms with Gasteiger partial charge in [-0.3, -0.25) is 9.59 Å². The number of fused-ring (bicyclic) bond motifs is 1. The number of likely N-dealkylation sites (tertiary alicyclic amines) is 1. The van der Waals surface area contributed by atoms with E-state index in [-0.39, 0.29) is 30.7 Å². The quantitative estimate of drug-likeness (QED) is 0.516. The van der Waals surface area contributed by atoms with Crippen LogP contribution in [0.15, 0.2) is 33.5 Å². The summed E-state index contributed by atoms with van der Waals surface area (Å²) in [6.07, 6.45) is 4.13. The number of benzene rings is 1. The molecule has 1 atom stereocenters. The number of nitrogens with zero attached hydrogens (tertiary/aromatic N) is 2. The molecule has 2 aliphatic heterocycles. The predicted octanol–water partition coefficient (Wildman–Crippen LogP) is 2.15. The third kappa shape index (κ3) is 7.03. The molecule has 9 heteroatoms. The average molecular weight is 461 g/mol. The van der Waals surface area contributed by atoms with Crippen LogP contribution in [-0.4, -0.2) is 79.3 Å². The van der Waals surface area contributed by atoms with Gasteiger partial charge in [-0.2, -0.15) is 0 Å². The Morgan fingerprint density at radius 2 is 1.97 bits per heavy atom. The molecule has 0 spiro atoms. The van der Waals surface area contributed by atoms with E-state index in [9.17, 15) is 9.59 Å². The number of carboxylic acid groups (broad SMARTS) is 1. The molecule has 2 fully saturated rings. The molecule has 2 aromatic rings. The van der Waals surface area contributed by atoms with Gasteiger partial charge in [0.15, 0.2) is 6.61 Å². The second-order valence-corrected chi connectivity index (χ2v) is 8.19. The van der Waals surface area contributed by atoms with Gasteiger partial charge >= 0.3 is 5.63 Å². The number of amides is 1. The van der Waals surface area contributed by atoms with E-state index in [0.29, 0.717) is 31.0 Å². The van der Waals surface area contributed by atoms with Crippen molar-refractivity contribution in [2.45, 2.75) is 38.7 Å². The molecule has 1 N–H and O–H groups in total. The maximum atomic E-state index is 12.8. The molecule has 0 aliphatic carbocycles. The van der Waals surface area contributed by atoms with Crippen LogP contribution < -0.4 is 10.4 Å². The van der Waals surface area contributed by atoms with Gasteiger partial charge in [-0.25, -0.2) is 4.79 Å². The Morgan fingerprint density at radius 3 is 2.70 bits per heavy atom. The van der Waals surface area contributed by atoms with E-state index in [1.165, 1.54) is 18.9 Å². The van der Waals surface area contributed by atoms with Crippen LogP contribution >= 0.6 is 0 Å². The van der Waals surface area contributed by atoms with Crippen molar-refractivity contribution < 1.29 is 28.6 Å². The number of carbonyl (C=O) groups is 2. The molecule has 2 aliphatic rings. The molecule has 1 unspecified atom stereocenters. The fourth-order valence-corrected chi connectivity index (χ4v) is 4.31. The average Bonchev–Trinajstić information content (AvgIpc) is 3.20. The van der Waals surface area contributed by atoms with E-state index in [0.717, 1.165) is 43.4 Å². The Morgan fingerprint density at radius 1 is 1.21 bits per heavy atom. The first kappa shape index (κ1) is 24.7. The van der Waals surface area contributed by atoms with Crippen molar-refractivity contribution in [2.24, 2.45) is 0 Å². The minimum Gasteiger partial charge on any atom is -0.484 e. The maximum absolute atomic E-state index is 12.8. The first-order chi connectivity index (χ1) is 16.0. The fraction of sp³-hybridized carbons (Fsp3) is 0.542. The standard InChI is InChI=1S/C23H30N2O5.CH2O2/c1-2-17-12-23(27)30-21-13-18(6-7-20(17)21)29-16-22(26)25-10-5-11-28-19(15-25)14-24-8-3-4-9-24;2-1-3/h6-7,12-13,19H,2-5,8-11,14-16H2,1H3;1H,(H,2,3). The molecule has 0 radical (unpaired) electrons. The molecule has 4 rings (SSSR count). The molecule has 180 valence electrons. The van der Waals surface area contributed by atoms with Crippen molar-refractivity contribution in [1.29, 1.82) is 0 Å². The van der Waals surface area contributed by atoms with Gasteiger partial charge in [-0.05, 0) is 56.5 Å². The molecular formula is C24H32N2O7. The van der Waals surface area contributed by atoms with Crippen molar-refractivity contribution in [1.82, 2.24) is 9.80 Å². The third-order valence-electron chi connectivity index (χ3n) is 5.91. The van der Waals surface area contributed by atoms with Crippen LogP contribution in [0.3, 0.4) is 0 Å². The second kappa shape index (κ2) is 12.4. The summed E-state index contributed by atoms with van der Waals surface area (Å²) in [5.74, 6) is 0.475. The molecule has 0 saturated carbocycles. The van der Waals surface area contributed by atoms with E-state index < -0.39 is 0 Å². The summed E-state index contributed by atoms with van der Waals surface area (Å²) in [7, 11) is 0. The number of hydrogen-bond donors (Lipinski definition) is 1. The summed E-state index contributed by atoms with van der Waals surface area (Å²) in [5.41, 5.74) is 1.05. The van der Waals surface area contributed by atoms with Crippen LogP contribution in [-0.2, 0) is 20.7 Å². The van der Waals surface area contributed by atoms with Crippen molar-refractivity contribution in [3.63, 3.8) is 0 Å². The highest BCUT2D eigenvalue weighted by atomic mass is 16.5. The van der Waals surface area contributed by atoms with Crippen molar-refractivity contribution >= 4 is 23.3 Å². The van der Waals surface area contributed by atoms with Gasteiger partial charge in [0.2, 0.25) is 0 Å². The topological polar surface area (TPSA) is 110 Å². The molecule has 3 heterocycles. The van der Waals surface area contributed by atoms with E-state index in [1.54, 1.807) is 6.07 Å². The van der Waals surface area contributed by atoms with Crippen LogP contribution in [0.2, 0.25) is 0 Å². The lowest BCUT2D eigenvalue weighted by Crippen LogP contribution is -2.43. The Bertz CT molecular complexity index is 984. The van der Waals surface area contributed by atoms with Gasteiger partial charge in [-0.15, -0.1) is 0 Å². The molecule has 1 amide bonds. The summed E-state index contributed by atoms with van der Waals surface area (Å²) < 4.78 is 17.0. The highest BCUT2D eigenvalue weighted by molar-refractivity contribution is 5.82. The summed E-state index contributed by atoms with van der Waals surface area (Å²) in [6.45, 7) is 6.80. The third-order valence-corrected chi connectivity index (χ3v) is 5.91. The minimum atomic E-state index is -0.374. The van der Waals surface area contributed by atoms with Gasteiger partial charge < -0.3 is 28.8 Å². The zero-order valence-electron chi connectivity index (χ0n) is 19.0. The number of ether oxygens (including phenoxy) is 2. The summed E-state index contributed by atoms with van der Waals surface area (Å²) in [6, 6.07) is 6.90. The van der Waals surface area contributed by atoms with Crippen LogP contribution in [0, 0.1) is 0 Å². The van der Waals surface area contributed by atoms with E-state index in [1.807, 2.05) is 24.0 Å². The first-order valence-electron chi connectivity index (χ1n) is 11.4. The summed E-state index contributed by atoms with van der Waals surface area (Å²) >= 11 is 0.